The predicted octanol–water partition coefficient (Wildman–Crippen LogP) is 0.582. The van der Waals surface area contributed by atoms with Gasteiger partial charge in [0.15, 0.2) is 0 Å². The summed E-state index contributed by atoms with van der Waals surface area (Å²) in [6.07, 6.45) is 2.98. The van der Waals surface area contributed by atoms with E-state index in [4.69, 9.17) is 5.73 Å². The number of aromatic amines is 1. The third-order valence-corrected chi connectivity index (χ3v) is 3.12. The maximum absolute atomic E-state index is 11.5. The van der Waals surface area contributed by atoms with E-state index in [1.165, 1.54) is 0 Å². The first kappa shape index (κ1) is 11.6. The van der Waals surface area contributed by atoms with Crippen molar-refractivity contribution in [2.75, 3.05) is 6.54 Å². The highest BCUT2D eigenvalue weighted by molar-refractivity contribution is 5.90. The van der Waals surface area contributed by atoms with Gasteiger partial charge in [0, 0.05) is 13.5 Å². The van der Waals surface area contributed by atoms with Crippen molar-refractivity contribution >= 4 is 11.8 Å². The number of nitrogens with one attached hydrogen (secondary N) is 1. The van der Waals surface area contributed by atoms with Crippen LogP contribution in [0.1, 0.15) is 48.4 Å². The minimum atomic E-state index is -0.558. The van der Waals surface area contributed by atoms with Gasteiger partial charge >= 0.3 is 0 Å². The zero-order valence-electron chi connectivity index (χ0n) is 9.77. The van der Waals surface area contributed by atoms with Gasteiger partial charge in [-0.1, -0.05) is 0 Å². The molecule has 1 aliphatic heterocycles. The highest BCUT2D eigenvalue weighted by Crippen LogP contribution is 2.29. The van der Waals surface area contributed by atoms with Gasteiger partial charge in [-0.05, 0) is 25.3 Å². The normalized spacial score (nSPS) is 20.3. The lowest BCUT2D eigenvalue weighted by molar-refractivity contribution is -0.132. The quantitative estimate of drug-likeness (QED) is 0.786. The molecule has 3 N–H and O–H groups in total. The number of hydrogen-bond acceptors (Lipinski definition) is 3. The molecule has 0 radical (unpaired) electrons. The molecule has 0 aliphatic carbocycles. The second kappa shape index (κ2) is 4.57. The molecule has 0 spiro atoms. The Labute approximate surface area is 99.2 Å². The third-order valence-electron chi connectivity index (χ3n) is 3.12. The first-order valence-corrected chi connectivity index (χ1v) is 5.72. The smallest absolute Gasteiger partial charge is 0.269 e. The zero-order valence-corrected chi connectivity index (χ0v) is 9.77. The number of hydrogen-bond donors (Lipinski definition) is 2. The van der Waals surface area contributed by atoms with Crippen molar-refractivity contribution in [3.8, 4) is 0 Å². The summed E-state index contributed by atoms with van der Waals surface area (Å²) in [5.74, 6) is -0.511. The van der Waals surface area contributed by atoms with E-state index in [0.717, 1.165) is 31.5 Å². The van der Waals surface area contributed by atoms with Crippen molar-refractivity contribution in [2.24, 2.45) is 5.73 Å². The Balaban J connectivity index is 2.23. The lowest BCUT2D eigenvalue weighted by Gasteiger charge is -2.34. The van der Waals surface area contributed by atoms with E-state index >= 15 is 0 Å². The number of carbonyl (C=O) groups excluding carboxylic acids is 2. The lowest BCUT2D eigenvalue weighted by atomic mass is 9.99. The van der Waals surface area contributed by atoms with Crippen molar-refractivity contribution in [1.29, 1.82) is 0 Å². The van der Waals surface area contributed by atoms with Crippen molar-refractivity contribution in [3.05, 3.63) is 17.5 Å². The van der Waals surface area contributed by atoms with E-state index in [1.807, 2.05) is 4.90 Å². The Morgan fingerprint density at radius 3 is 2.88 bits per heavy atom. The fourth-order valence-electron chi connectivity index (χ4n) is 2.27. The Morgan fingerprint density at radius 2 is 2.29 bits per heavy atom. The molecule has 1 fully saturated rings. The van der Waals surface area contributed by atoms with Crippen LogP contribution >= 0.6 is 0 Å². The predicted molar refractivity (Wildman–Crippen MR) is 61.1 cm³/mol. The third kappa shape index (κ3) is 2.30. The SMILES string of the molecule is CC(=O)N1CCCCC1c1cc(C(N)=O)n[nH]1. The van der Waals surface area contributed by atoms with Crippen molar-refractivity contribution in [1.82, 2.24) is 15.1 Å². The van der Waals surface area contributed by atoms with Gasteiger partial charge in [-0.25, -0.2) is 0 Å². The van der Waals surface area contributed by atoms with Gasteiger partial charge in [0.05, 0.1) is 11.7 Å². The Hall–Kier alpha value is -1.85. The van der Waals surface area contributed by atoms with Crippen molar-refractivity contribution in [2.45, 2.75) is 32.2 Å². The fraction of sp³-hybridized carbons (Fsp3) is 0.545. The summed E-state index contributed by atoms with van der Waals surface area (Å²) in [5.41, 5.74) is 6.15. The van der Waals surface area contributed by atoms with Crippen LogP contribution in [0.4, 0.5) is 0 Å². The summed E-state index contributed by atoms with van der Waals surface area (Å²) in [5, 5.41) is 6.64. The van der Waals surface area contributed by atoms with Crippen LogP contribution in [0.3, 0.4) is 0 Å². The molecule has 1 unspecified atom stereocenters. The molecule has 1 aliphatic rings. The molecule has 6 nitrogen and oxygen atoms in total. The molecule has 1 saturated heterocycles. The molecular weight excluding hydrogens is 220 g/mol. The Morgan fingerprint density at radius 1 is 1.53 bits per heavy atom. The monoisotopic (exact) mass is 236 g/mol. The number of likely N-dealkylation sites (tertiary alicyclic amines) is 1. The zero-order chi connectivity index (χ0) is 12.4. The standard InChI is InChI=1S/C11H16N4O2/c1-7(16)15-5-3-2-4-10(15)8-6-9(11(12)17)14-13-8/h6,10H,2-5H2,1H3,(H2,12,17)(H,13,14). The fourth-order valence-corrected chi connectivity index (χ4v) is 2.27. The van der Waals surface area contributed by atoms with Crippen LogP contribution in [0.2, 0.25) is 0 Å². The average molecular weight is 236 g/mol. The maximum Gasteiger partial charge on any atom is 0.269 e. The number of nitrogens with zero attached hydrogens (tertiary/aromatic N) is 2. The molecule has 92 valence electrons. The first-order chi connectivity index (χ1) is 8.09. The topological polar surface area (TPSA) is 92.1 Å². The Bertz CT molecular complexity index is 440. The van der Waals surface area contributed by atoms with E-state index in [9.17, 15) is 9.59 Å². The molecule has 2 rings (SSSR count). The van der Waals surface area contributed by atoms with Gasteiger partial charge in [-0.15, -0.1) is 0 Å². The second-order valence-corrected chi connectivity index (χ2v) is 4.30. The molecule has 1 aromatic rings. The van der Waals surface area contributed by atoms with Crippen LogP contribution in [0.25, 0.3) is 0 Å². The van der Waals surface area contributed by atoms with Gasteiger partial charge in [0.1, 0.15) is 5.69 Å². The number of H-pyrrole nitrogens is 1. The maximum atomic E-state index is 11.5. The summed E-state index contributed by atoms with van der Waals surface area (Å²) in [4.78, 5) is 24.3. The molecule has 0 bridgehead atoms. The summed E-state index contributed by atoms with van der Waals surface area (Å²) < 4.78 is 0. The van der Waals surface area contributed by atoms with E-state index in [1.54, 1.807) is 13.0 Å². The van der Waals surface area contributed by atoms with E-state index in [0.29, 0.717) is 0 Å². The summed E-state index contributed by atoms with van der Waals surface area (Å²) in [7, 11) is 0. The molecule has 2 heterocycles. The van der Waals surface area contributed by atoms with E-state index < -0.39 is 5.91 Å². The van der Waals surface area contributed by atoms with Crippen LogP contribution in [0, 0.1) is 0 Å². The Kier molecular flexibility index (Phi) is 3.12. The summed E-state index contributed by atoms with van der Waals surface area (Å²) in [6, 6.07) is 1.62. The van der Waals surface area contributed by atoms with Crippen LogP contribution in [0.5, 0.6) is 0 Å². The number of carbonyl (C=O) groups is 2. The molecule has 1 atom stereocenters. The van der Waals surface area contributed by atoms with E-state index in [2.05, 4.69) is 10.2 Å². The van der Waals surface area contributed by atoms with Gasteiger partial charge in [0.25, 0.3) is 5.91 Å². The first-order valence-electron chi connectivity index (χ1n) is 5.72. The number of primary amides is 1. The van der Waals surface area contributed by atoms with Gasteiger partial charge < -0.3 is 10.6 Å². The molecule has 2 amide bonds. The number of amides is 2. The summed E-state index contributed by atoms with van der Waals surface area (Å²) in [6.45, 7) is 2.31. The number of rotatable bonds is 2. The number of nitrogens with two attached hydrogens (primary N) is 1. The lowest BCUT2D eigenvalue weighted by Crippen LogP contribution is -2.37. The van der Waals surface area contributed by atoms with Crippen LogP contribution < -0.4 is 5.73 Å². The van der Waals surface area contributed by atoms with Gasteiger partial charge in [-0.3, -0.25) is 14.7 Å². The van der Waals surface area contributed by atoms with Gasteiger partial charge in [-0.2, -0.15) is 5.10 Å². The minimum absolute atomic E-state index is 0.0122. The second-order valence-electron chi connectivity index (χ2n) is 4.30. The van der Waals surface area contributed by atoms with Crippen molar-refractivity contribution < 1.29 is 9.59 Å². The van der Waals surface area contributed by atoms with Crippen LogP contribution in [0.15, 0.2) is 6.07 Å². The van der Waals surface area contributed by atoms with E-state index in [-0.39, 0.29) is 17.6 Å². The highest BCUT2D eigenvalue weighted by atomic mass is 16.2. The molecule has 0 saturated carbocycles. The van der Waals surface area contributed by atoms with Gasteiger partial charge in [0.2, 0.25) is 5.91 Å². The molecule has 0 aromatic carbocycles. The van der Waals surface area contributed by atoms with Crippen LogP contribution in [-0.2, 0) is 4.79 Å². The largest absolute Gasteiger partial charge is 0.364 e. The molecule has 6 heteroatoms. The van der Waals surface area contributed by atoms with Crippen molar-refractivity contribution in [3.63, 3.8) is 0 Å². The molecular formula is C11H16N4O2. The molecule has 17 heavy (non-hydrogen) atoms. The average Bonchev–Trinajstić information content (AvgIpc) is 2.78. The van der Waals surface area contributed by atoms with Crippen LogP contribution in [-0.4, -0.2) is 33.5 Å². The highest BCUT2D eigenvalue weighted by Gasteiger charge is 2.27. The number of aromatic nitrogens is 2. The molecule has 1 aromatic heterocycles. The summed E-state index contributed by atoms with van der Waals surface area (Å²) >= 11 is 0. The minimum Gasteiger partial charge on any atom is -0.364 e. The number of piperidine rings is 1.